The Morgan fingerprint density at radius 3 is 1.76 bits per heavy atom. The normalized spacial score (nSPS) is 17.4. The average Bonchev–Trinajstić information content (AvgIpc) is 2.98. The quantitative estimate of drug-likeness (QED) is 0.367. The molecule has 1 saturated heterocycles. The van der Waals surface area contributed by atoms with E-state index in [9.17, 15) is 30.0 Å². The molecule has 1 fully saturated rings. The Balaban J connectivity index is 1.64. The van der Waals surface area contributed by atoms with E-state index in [2.05, 4.69) is 5.32 Å². The molecule has 220 valence electrons. The lowest BCUT2D eigenvalue weighted by molar-refractivity contribution is -0.120. The van der Waals surface area contributed by atoms with Crippen LogP contribution in [0, 0.1) is 0 Å². The molecule has 0 bridgehead atoms. The van der Waals surface area contributed by atoms with Crippen molar-refractivity contribution in [3.05, 3.63) is 84.9 Å². The third-order valence-corrected chi connectivity index (χ3v) is 12.7. The summed E-state index contributed by atoms with van der Waals surface area (Å²) < 4.78 is 82.8. The summed E-state index contributed by atoms with van der Waals surface area (Å²) in [5, 5.41) is 2.64. The second kappa shape index (κ2) is 12.4. The first kappa shape index (κ1) is 30.8. The number of sulfonamides is 3. The Hall–Kier alpha value is -3.14. The van der Waals surface area contributed by atoms with Gasteiger partial charge in [-0.2, -0.15) is 12.9 Å². The van der Waals surface area contributed by atoms with Crippen LogP contribution in [0.5, 0.6) is 0 Å². The summed E-state index contributed by atoms with van der Waals surface area (Å²) in [6.45, 7) is 3.25. The molecule has 41 heavy (non-hydrogen) atoms. The maximum Gasteiger partial charge on any atom is 0.244 e. The third kappa shape index (κ3) is 6.37. The van der Waals surface area contributed by atoms with E-state index in [1.807, 2.05) is 0 Å². The van der Waals surface area contributed by atoms with Crippen molar-refractivity contribution in [2.45, 2.75) is 34.6 Å². The van der Waals surface area contributed by atoms with E-state index < -0.39 is 48.6 Å². The molecular weight excluding hydrogens is 589 g/mol. The van der Waals surface area contributed by atoms with E-state index in [1.165, 1.54) is 52.8 Å². The van der Waals surface area contributed by atoms with E-state index in [1.54, 1.807) is 50.2 Å². The monoisotopic (exact) mass is 620 g/mol. The van der Waals surface area contributed by atoms with Crippen molar-refractivity contribution < 1.29 is 30.0 Å². The number of piperazine rings is 1. The maximum atomic E-state index is 13.6. The predicted octanol–water partition coefficient (Wildman–Crippen LogP) is 2.42. The van der Waals surface area contributed by atoms with Crippen LogP contribution < -0.4 is 5.32 Å². The van der Waals surface area contributed by atoms with Gasteiger partial charge in [-0.25, -0.2) is 25.3 Å². The van der Waals surface area contributed by atoms with E-state index in [0.717, 1.165) is 8.61 Å². The van der Waals surface area contributed by atoms with Crippen LogP contribution in [0.1, 0.15) is 13.8 Å². The van der Waals surface area contributed by atoms with Crippen LogP contribution in [0.2, 0.25) is 0 Å². The second-order valence-corrected chi connectivity index (χ2v) is 15.0. The van der Waals surface area contributed by atoms with Crippen LogP contribution >= 0.6 is 0 Å². The molecule has 0 radical (unpaired) electrons. The van der Waals surface area contributed by atoms with Crippen LogP contribution in [-0.2, 0) is 34.9 Å². The van der Waals surface area contributed by atoms with Gasteiger partial charge in [0.25, 0.3) is 0 Å². The fourth-order valence-electron chi connectivity index (χ4n) is 4.58. The molecule has 14 heteroatoms. The van der Waals surface area contributed by atoms with E-state index in [-0.39, 0.29) is 33.5 Å². The molecule has 1 N–H and O–H groups in total. The van der Waals surface area contributed by atoms with E-state index in [4.69, 9.17) is 0 Å². The maximum absolute atomic E-state index is 13.6. The zero-order valence-electron chi connectivity index (χ0n) is 22.6. The first-order valence-corrected chi connectivity index (χ1v) is 17.3. The van der Waals surface area contributed by atoms with Gasteiger partial charge >= 0.3 is 0 Å². The highest BCUT2D eigenvalue weighted by Crippen LogP contribution is 2.26. The number of benzene rings is 3. The van der Waals surface area contributed by atoms with Gasteiger partial charge in [-0.05, 0) is 48.5 Å². The summed E-state index contributed by atoms with van der Waals surface area (Å²) in [7, 11) is -11.9. The third-order valence-electron chi connectivity index (χ3n) is 6.79. The van der Waals surface area contributed by atoms with Gasteiger partial charge in [-0.1, -0.05) is 50.2 Å². The average molecular weight is 621 g/mol. The first-order valence-electron chi connectivity index (χ1n) is 13.0. The van der Waals surface area contributed by atoms with Crippen LogP contribution in [0.25, 0.3) is 0 Å². The Bertz CT molecular complexity index is 1680. The van der Waals surface area contributed by atoms with Gasteiger partial charge in [0, 0.05) is 38.4 Å². The van der Waals surface area contributed by atoms with Crippen molar-refractivity contribution in [3.8, 4) is 0 Å². The summed E-state index contributed by atoms with van der Waals surface area (Å²) in [5.74, 6) is -0.753. The van der Waals surface area contributed by atoms with Crippen LogP contribution in [0.3, 0.4) is 0 Å². The summed E-state index contributed by atoms with van der Waals surface area (Å²) in [6, 6.07) is 19.4. The predicted molar refractivity (Wildman–Crippen MR) is 155 cm³/mol. The molecule has 1 aliphatic heterocycles. The molecule has 0 aromatic heterocycles. The second-order valence-electron chi connectivity index (χ2n) is 9.22. The zero-order valence-corrected chi connectivity index (χ0v) is 25.1. The van der Waals surface area contributed by atoms with Crippen molar-refractivity contribution in [1.82, 2.24) is 12.9 Å². The number of nitrogens with zero attached hydrogens (tertiary/aromatic N) is 3. The lowest BCUT2D eigenvalue weighted by Gasteiger charge is -2.38. The highest BCUT2D eigenvalue weighted by atomic mass is 32.2. The Morgan fingerprint density at radius 2 is 1.24 bits per heavy atom. The summed E-state index contributed by atoms with van der Waals surface area (Å²) >= 11 is 0. The molecule has 3 aromatic carbocycles. The minimum Gasteiger partial charge on any atom is -0.325 e. The fraction of sp³-hybridized carbons (Fsp3) is 0.296. The number of carbonyl (C=O) groups is 1. The first-order chi connectivity index (χ1) is 19.4. The molecule has 1 atom stereocenters. The fourth-order valence-corrected chi connectivity index (χ4v) is 9.09. The van der Waals surface area contributed by atoms with Crippen molar-refractivity contribution in [3.63, 3.8) is 0 Å². The highest BCUT2D eigenvalue weighted by Gasteiger charge is 2.43. The largest absolute Gasteiger partial charge is 0.325 e. The summed E-state index contributed by atoms with van der Waals surface area (Å²) in [6.07, 6.45) is 0. The Labute approximate surface area is 241 Å². The van der Waals surface area contributed by atoms with Gasteiger partial charge in [0.1, 0.15) is 6.04 Å². The van der Waals surface area contributed by atoms with Gasteiger partial charge in [-0.3, -0.25) is 4.79 Å². The smallest absolute Gasteiger partial charge is 0.244 e. The van der Waals surface area contributed by atoms with Gasteiger partial charge in [-0.15, -0.1) is 0 Å². The molecule has 0 saturated carbocycles. The number of hydrogen-bond donors (Lipinski definition) is 1. The van der Waals surface area contributed by atoms with Crippen molar-refractivity contribution in [2.75, 3.05) is 38.0 Å². The molecule has 3 aromatic rings. The number of carbonyl (C=O) groups excluding carboxylic acids is 1. The summed E-state index contributed by atoms with van der Waals surface area (Å²) in [4.78, 5) is 13.6. The summed E-state index contributed by atoms with van der Waals surface area (Å²) in [5.41, 5.74) is 0.230. The van der Waals surface area contributed by atoms with Crippen molar-refractivity contribution >= 4 is 41.7 Å². The standard InChI is InChI=1S/C27H32N4O7S3/c1-3-29(4-2)39(33,34)25-17-15-22(16-18-25)28-27(32)26-21-30(40(35,36)23-11-7-5-8-12-23)19-20-31(26)41(37,38)24-13-9-6-10-14-24/h5-18,26H,3-4,19-21H2,1-2H3,(H,28,32)/t26-/m0/s1. The lowest BCUT2D eigenvalue weighted by atomic mass is 10.2. The van der Waals surface area contributed by atoms with E-state index in [0.29, 0.717) is 13.1 Å². The molecule has 0 unspecified atom stereocenters. The SMILES string of the molecule is CCN(CC)S(=O)(=O)c1ccc(NC(=O)[C@@H]2CN(S(=O)(=O)c3ccccc3)CCN2S(=O)(=O)c2ccccc2)cc1. The molecule has 4 rings (SSSR count). The van der Waals surface area contributed by atoms with E-state index >= 15 is 0 Å². The molecular formula is C27H32N4O7S3. The van der Waals surface area contributed by atoms with Gasteiger partial charge in [0.05, 0.1) is 14.7 Å². The Kier molecular flexibility index (Phi) is 9.31. The van der Waals surface area contributed by atoms with Crippen LogP contribution in [0.15, 0.2) is 99.6 Å². The molecule has 0 aliphatic carbocycles. The molecule has 1 heterocycles. The minimum absolute atomic E-state index is 0.0249. The minimum atomic E-state index is -4.16. The van der Waals surface area contributed by atoms with Crippen LogP contribution in [0.4, 0.5) is 5.69 Å². The molecule has 0 spiro atoms. The van der Waals surface area contributed by atoms with Crippen LogP contribution in [-0.4, -0.2) is 82.8 Å². The van der Waals surface area contributed by atoms with Gasteiger partial charge < -0.3 is 5.32 Å². The number of amides is 1. The zero-order chi connectivity index (χ0) is 29.8. The lowest BCUT2D eigenvalue weighted by Crippen LogP contribution is -2.60. The Morgan fingerprint density at radius 1 is 0.732 bits per heavy atom. The van der Waals surface area contributed by atoms with Crippen molar-refractivity contribution in [1.29, 1.82) is 0 Å². The number of nitrogens with one attached hydrogen (secondary N) is 1. The van der Waals surface area contributed by atoms with Gasteiger partial charge in [0.15, 0.2) is 0 Å². The highest BCUT2D eigenvalue weighted by molar-refractivity contribution is 7.90. The molecule has 1 aliphatic rings. The number of rotatable bonds is 10. The topological polar surface area (TPSA) is 141 Å². The van der Waals surface area contributed by atoms with Crippen molar-refractivity contribution in [2.24, 2.45) is 0 Å². The number of anilines is 1. The number of hydrogen-bond acceptors (Lipinski definition) is 7. The molecule has 1 amide bonds. The van der Waals surface area contributed by atoms with Gasteiger partial charge in [0.2, 0.25) is 36.0 Å². The molecule has 11 nitrogen and oxygen atoms in total.